The molecule has 0 spiro atoms. The molecular formula is C15H23NOS. The average molecular weight is 265 g/mol. The second-order valence-corrected chi connectivity index (χ2v) is 6.79. The monoisotopic (exact) mass is 265 g/mol. The highest BCUT2D eigenvalue weighted by Crippen LogP contribution is 2.25. The first-order valence-electron chi connectivity index (χ1n) is 6.66. The van der Waals surface area contributed by atoms with Crippen LogP contribution in [0.2, 0.25) is 0 Å². The largest absolute Gasteiger partial charge is 0.360 e. The molecule has 1 fully saturated rings. The van der Waals surface area contributed by atoms with E-state index in [4.69, 9.17) is 4.74 Å². The van der Waals surface area contributed by atoms with Crippen LogP contribution in [-0.2, 0) is 4.74 Å². The lowest BCUT2D eigenvalue weighted by Gasteiger charge is -2.40. The molecule has 2 nitrogen and oxygen atoms in total. The molecule has 0 saturated carbocycles. The number of hydrogen-bond donors (Lipinski definition) is 1. The van der Waals surface area contributed by atoms with E-state index in [1.54, 1.807) is 0 Å². The molecule has 1 N–H and O–H groups in total. The van der Waals surface area contributed by atoms with Gasteiger partial charge in [0.15, 0.2) is 0 Å². The van der Waals surface area contributed by atoms with Gasteiger partial charge in [-0.05, 0) is 45.7 Å². The summed E-state index contributed by atoms with van der Waals surface area (Å²) >= 11 is 1.90. The molecule has 0 aliphatic carbocycles. The van der Waals surface area contributed by atoms with E-state index in [0.29, 0.717) is 6.10 Å². The van der Waals surface area contributed by atoms with Crippen LogP contribution in [0.5, 0.6) is 0 Å². The van der Waals surface area contributed by atoms with E-state index >= 15 is 0 Å². The number of thioether (sulfide) groups is 1. The summed E-state index contributed by atoms with van der Waals surface area (Å²) in [6, 6.07) is 10.5. The maximum absolute atomic E-state index is 5.94. The Kier molecular flexibility index (Phi) is 4.71. The Balaban J connectivity index is 1.76. The van der Waals surface area contributed by atoms with Crippen LogP contribution in [0.15, 0.2) is 35.2 Å². The first kappa shape index (κ1) is 13.9. The van der Waals surface area contributed by atoms with Crippen LogP contribution in [-0.4, -0.2) is 23.6 Å². The molecule has 1 aromatic rings. The SMILES string of the molecule is CC1CC(C)(C)NC(CCSc2ccccc2)O1. The van der Waals surface area contributed by atoms with Crippen LogP contribution >= 0.6 is 11.8 Å². The molecule has 1 saturated heterocycles. The molecule has 2 unspecified atom stereocenters. The van der Waals surface area contributed by atoms with E-state index < -0.39 is 0 Å². The minimum atomic E-state index is 0.194. The van der Waals surface area contributed by atoms with E-state index in [9.17, 15) is 0 Å². The van der Waals surface area contributed by atoms with Gasteiger partial charge in [0.1, 0.15) is 6.23 Å². The third-order valence-corrected chi connectivity index (χ3v) is 4.18. The van der Waals surface area contributed by atoms with Gasteiger partial charge in [-0.15, -0.1) is 11.8 Å². The van der Waals surface area contributed by atoms with Gasteiger partial charge in [0.25, 0.3) is 0 Å². The highest BCUT2D eigenvalue weighted by Gasteiger charge is 2.31. The Morgan fingerprint density at radius 2 is 2.06 bits per heavy atom. The van der Waals surface area contributed by atoms with Gasteiger partial charge >= 0.3 is 0 Å². The van der Waals surface area contributed by atoms with Crippen molar-refractivity contribution in [1.82, 2.24) is 5.32 Å². The first-order valence-corrected chi connectivity index (χ1v) is 7.65. The van der Waals surface area contributed by atoms with Crippen LogP contribution in [0, 0.1) is 0 Å². The fourth-order valence-corrected chi connectivity index (χ4v) is 3.43. The number of ether oxygens (including phenoxy) is 1. The lowest BCUT2D eigenvalue weighted by atomic mass is 9.95. The highest BCUT2D eigenvalue weighted by molar-refractivity contribution is 7.99. The normalized spacial score (nSPS) is 27.1. The molecule has 0 aromatic heterocycles. The summed E-state index contributed by atoms with van der Waals surface area (Å²) < 4.78 is 5.94. The Bertz CT molecular complexity index is 366. The van der Waals surface area contributed by atoms with Crippen LogP contribution in [0.25, 0.3) is 0 Å². The third-order valence-electron chi connectivity index (χ3n) is 3.14. The standard InChI is InChI=1S/C15H23NOS/c1-12-11-15(2,3)16-14(17-12)9-10-18-13-7-5-4-6-8-13/h4-8,12,14,16H,9-11H2,1-3H3. The molecule has 0 amide bonds. The van der Waals surface area contributed by atoms with Gasteiger partial charge in [0.05, 0.1) is 6.10 Å². The number of benzene rings is 1. The molecule has 1 heterocycles. The van der Waals surface area contributed by atoms with Crippen molar-refractivity contribution in [1.29, 1.82) is 0 Å². The molecule has 2 atom stereocenters. The molecule has 100 valence electrons. The quantitative estimate of drug-likeness (QED) is 0.839. The first-order chi connectivity index (χ1) is 8.55. The van der Waals surface area contributed by atoms with Crippen molar-refractivity contribution in [2.45, 2.75) is 56.4 Å². The summed E-state index contributed by atoms with van der Waals surface area (Å²) in [4.78, 5) is 1.33. The van der Waals surface area contributed by atoms with E-state index in [-0.39, 0.29) is 11.8 Å². The summed E-state index contributed by atoms with van der Waals surface area (Å²) in [6.45, 7) is 6.67. The predicted octanol–water partition coefficient (Wildman–Crippen LogP) is 3.67. The van der Waals surface area contributed by atoms with E-state index in [1.807, 2.05) is 11.8 Å². The second kappa shape index (κ2) is 6.09. The van der Waals surface area contributed by atoms with E-state index in [2.05, 4.69) is 56.4 Å². The molecule has 1 aliphatic rings. The lowest BCUT2D eigenvalue weighted by molar-refractivity contribution is -0.0874. The zero-order chi connectivity index (χ0) is 13.0. The minimum Gasteiger partial charge on any atom is -0.360 e. The van der Waals surface area contributed by atoms with Crippen molar-refractivity contribution in [2.24, 2.45) is 0 Å². The van der Waals surface area contributed by atoms with Crippen molar-refractivity contribution in [2.75, 3.05) is 5.75 Å². The van der Waals surface area contributed by atoms with Crippen LogP contribution in [0.4, 0.5) is 0 Å². The fraction of sp³-hybridized carbons (Fsp3) is 0.600. The highest BCUT2D eigenvalue weighted by atomic mass is 32.2. The second-order valence-electron chi connectivity index (χ2n) is 5.62. The van der Waals surface area contributed by atoms with Gasteiger partial charge in [0, 0.05) is 16.2 Å². The topological polar surface area (TPSA) is 21.3 Å². The molecule has 0 bridgehead atoms. The molecule has 3 heteroatoms. The summed E-state index contributed by atoms with van der Waals surface area (Å²) in [7, 11) is 0. The Labute approximate surface area is 114 Å². The van der Waals surface area contributed by atoms with Crippen molar-refractivity contribution in [3.05, 3.63) is 30.3 Å². The van der Waals surface area contributed by atoms with Gasteiger partial charge in [-0.1, -0.05) is 18.2 Å². The fourth-order valence-electron chi connectivity index (χ4n) is 2.52. The van der Waals surface area contributed by atoms with Crippen molar-refractivity contribution < 1.29 is 4.74 Å². The van der Waals surface area contributed by atoms with E-state index in [1.165, 1.54) is 4.90 Å². The molecular weight excluding hydrogens is 242 g/mol. The van der Waals surface area contributed by atoms with Gasteiger partial charge in [-0.3, -0.25) is 5.32 Å². The number of rotatable bonds is 4. The zero-order valence-corrected chi connectivity index (χ0v) is 12.3. The number of nitrogens with one attached hydrogen (secondary N) is 1. The smallest absolute Gasteiger partial charge is 0.109 e. The van der Waals surface area contributed by atoms with Gasteiger partial charge in [-0.25, -0.2) is 0 Å². The Morgan fingerprint density at radius 1 is 1.33 bits per heavy atom. The average Bonchev–Trinajstić information content (AvgIpc) is 2.27. The predicted molar refractivity (Wildman–Crippen MR) is 77.9 cm³/mol. The van der Waals surface area contributed by atoms with Crippen molar-refractivity contribution >= 4 is 11.8 Å². The van der Waals surface area contributed by atoms with Crippen LogP contribution < -0.4 is 5.32 Å². The summed E-state index contributed by atoms with van der Waals surface area (Å²) in [6.07, 6.45) is 2.68. The lowest BCUT2D eigenvalue weighted by Crippen LogP contribution is -2.54. The summed E-state index contributed by atoms with van der Waals surface area (Å²) in [5.41, 5.74) is 0.194. The van der Waals surface area contributed by atoms with Crippen molar-refractivity contribution in [3.8, 4) is 0 Å². The van der Waals surface area contributed by atoms with Gasteiger partial charge < -0.3 is 4.74 Å². The third kappa shape index (κ3) is 4.30. The molecule has 0 radical (unpaired) electrons. The molecule has 1 aliphatic heterocycles. The summed E-state index contributed by atoms with van der Waals surface area (Å²) in [5, 5.41) is 3.57. The maximum atomic E-state index is 5.94. The number of hydrogen-bond acceptors (Lipinski definition) is 3. The Hall–Kier alpha value is -0.510. The molecule has 2 rings (SSSR count). The van der Waals surface area contributed by atoms with Crippen LogP contribution in [0.3, 0.4) is 0 Å². The van der Waals surface area contributed by atoms with Gasteiger partial charge in [0.2, 0.25) is 0 Å². The van der Waals surface area contributed by atoms with Crippen LogP contribution in [0.1, 0.15) is 33.6 Å². The maximum Gasteiger partial charge on any atom is 0.109 e. The van der Waals surface area contributed by atoms with Gasteiger partial charge in [-0.2, -0.15) is 0 Å². The summed E-state index contributed by atoms with van der Waals surface area (Å²) in [5.74, 6) is 1.09. The zero-order valence-electron chi connectivity index (χ0n) is 11.5. The van der Waals surface area contributed by atoms with E-state index in [0.717, 1.165) is 18.6 Å². The van der Waals surface area contributed by atoms with Crippen molar-refractivity contribution in [3.63, 3.8) is 0 Å². The minimum absolute atomic E-state index is 0.194. The Morgan fingerprint density at radius 3 is 2.72 bits per heavy atom. The molecule has 18 heavy (non-hydrogen) atoms. The molecule has 1 aromatic carbocycles.